The fourth-order valence-electron chi connectivity index (χ4n) is 3.06. The van der Waals surface area contributed by atoms with Crippen LogP contribution in [0.25, 0.3) is 0 Å². The van der Waals surface area contributed by atoms with Crippen LogP contribution in [0.2, 0.25) is 0 Å². The molecule has 3 rings (SSSR count). The zero-order valence-electron chi connectivity index (χ0n) is 14.3. The third kappa shape index (κ3) is 3.91. The summed E-state index contributed by atoms with van der Waals surface area (Å²) in [6.07, 6.45) is -0.966. The lowest BCUT2D eigenvalue weighted by Gasteiger charge is -2.26. The summed E-state index contributed by atoms with van der Waals surface area (Å²) in [5, 5.41) is 11.9. The van der Waals surface area contributed by atoms with Gasteiger partial charge in [0, 0.05) is 6.42 Å². The van der Waals surface area contributed by atoms with Gasteiger partial charge in [0.05, 0.1) is 18.0 Å². The van der Waals surface area contributed by atoms with E-state index in [0.29, 0.717) is 11.1 Å². The largest absolute Gasteiger partial charge is 0.481 e. The van der Waals surface area contributed by atoms with Gasteiger partial charge in [0.25, 0.3) is 5.91 Å². The third-order valence-electron chi connectivity index (χ3n) is 4.32. The first kappa shape index (κ1) is 17.7. The number of carboxylic acid groups (broad SMARTS) is 1. The van der Waals surface area contributed by atoms with Crippen molar-refractivity contribution in [1.29, 1.82) is 0 Å². The highest BCUT2D eigenvalue weighted by atomic mass is 16.5. The smallest absolute Gasteiger partial charge is 0.339 e. The topological polar surface area (TPSA) is 92.7 Å². The highest BCUT2D eigenvalue weighted by Gasteiger charge is 2.32. The summed E-state index contributed by atoms with van der Waals surface area (Å²) in [5.41, 5.74) is 2.86. The Balaban J connectivity index is 1.78. The van der Waals surface area contributed by atoms with E-state index in [0.717, 1.165) is 11.1 Å². The molecule has 0 bridgehead atoms. The number of hydrogen-bond donors (Lipinski definition) is 2. The fourth-order valence-corrected chi connectivity index (χ4v) is 3.06. The summed E-state index contributed by atoms with van der Waals surface area (Å²) in [7, 11) is 0. The molecule has 26 heavy (non-hydrogen) atoms. The van der Waals surface area contributed by atoms with E-state index < -0.39 is 30.0 Å². The molecule has 1 amide bonds. The third-order valence-corrected chi connectivity index (χ3v) is 4.32. The van der Waals surface area contributed by atoms with Crippen LogP contribution in [0.15, 0.2) is 48.5 Å². The standard InChI is InChI=1S/C20H19NO5/c1-12-5-4-7-14(9-12)16(11-18(22)23)21-19(24)17-10-13-6-2-3-8-15(13)20(25)26-17/h2-9,16-17H,10-11H2,1H3,(H,21,24)(H,22,23). The molecule has 0 saturated heterocycles. The minimum atomic E-state index is -1.03. The van der Waals surface area contributed by atoms with Crippen molar-refractivity contribution in [3.8, 4) is 0 Å². The summed E-state index contributed by atoms with van der Waals surface area (Å²) in [6, 6.07) is 13.6. The number of nitrogens with one attached hydrogen (secondary N) is 1. The molecular formula is C20H19NO5. The molecular weight excluding hydrogens is 334 g/mol. The van der Waals surface area contributed by atoms with Gasteiger partial charge in [0.2, 0.25) is 0 Å². The molecule has 2 aromatic rings. The second-order valence-corrected chi connectivity index (χ2v) is 6.33. The number of hydrogen-bond acceptors (Lipinski definition) is 4. The van der Waals surface area contributed by atoms with Crippen molar-refractivity contribution in [2.75, 3.05) is 0 Å². The van der Waals surface area contributed by atoms with E-state index in [1.807, 2.05) is 25.1 Å². The van der Waals surface area contributed by atoms with Crippen LogP contribution in [-0.4, -0.2) is 29.1 Å². The van der Waals surface area contributed by atoms with Crippen molar-refractivity contribution >= 4 is 17.8 Å². The van der Waals surface area contributed by atoms with Crippen LogP contribution < -0.4 is 5.32 Å². The molecule has 1 aliphatic rings. The average molecular weight is 353 g/mol. The van der Waals surface area contributed by atoms with Crippen LogP contribution in [0.3, 0.4) is 0 Å². The number of aryl methyl sites for hydroxylation is 1. The highest BCUT2D eigenvalue weighted by Crippen LogP contribution is 2.23. The Morgan fingerprint density at radius 3 is 2.73 bits per heavy atom. The van der Waals surface area contributed by atoms with Gasteiger partial charge in [0.1, 0.15) is 0 Å². The number of rotatable bonds is 5. The maximum absolute atomic E-state index is 12.6. The quantitative estimate of drug-likeness (QED) is 0.805. The fraction of sp³-hybridized carbons (Fsp3) is 0.250. The van der Waals surface area contributed by atoms with E-state index in [1.165, 1.54) is 0 Å². The molecule has 2 unspecified atom stereocenters. The highest BCUT2D eigenvalue weighted by molar-refractivity contribution is 5.95. The molecule has 1 aliphatic heterocycles. The Labute approximate surface area is 150 Å². The number of ether oxygens (including phenoxy) is 1. The second-order valence-electron chi connectivity index (χ2n) is 6.33. The molecule has 0 radical (unpaired) electrons. The van der Waals surface area contributed by atoms with Gasteiger partial charge >= 0.3 is 11.9 Å². The van der Waals surface area contributed by atoms with E-state index in [9.17, 15) is 19.5 Å². The minimum absolute atomic E-state index is 0.257. The summed E-state index contributed by atoms with van der Waals surface area (Å²) in [5.74, 6) is -2.07. The Kier molecular flexibility index (Phi) is 5.02. The Hall–Kier alpha value is -3.15. The van der Waals surface area contributed by atoms with Crippen LogP contribution >= 0.6 is 0 Å². The molecule has 0 saturated carbocycles. The van der Waals surface area contributed by atoms with Crippen molar-refractivity contribution in [2.24, 2.45) is 0 Å². The number of aliphatic carboxylic acids is 1. The molecule has 0 fully saturated rings. The van der Waals surface area contributed by atoms with Gasteiger partial charge in [-0.05, 0) is 24.1 Å². The molecule has 2 atom stereocenters. The maximum atomic E-state index is 12.6. The first-order valence-electron chi connectivity index (χ1n) is 8.31. The number of benzene rings is 2. The van der Waals surface area contributed by atoms with Gasteiger partial charge in [-0.1, -0.05) is 48.0 Å². The SMILES string of the molecule is Cc1cccc(C(CC(=O)O)NC(=O)C2Cc3ccccc3C(=O)O2)c1. The van der Waals surface area contributed by atoms with Crippen molar-refractivity contribution in [1.82, 2.24) is 5.32 Å². The van der Waals surface area contributed by atoms with E-state index in [-0.39, 0.29) is 12.8 Å². The maximum Gasteiger partial charge on any atom is 0.339 e. The molecule has 6 nitrogen and oxygen atoms in total. The molecule has 2 aromatic carbocycles. The first-order valence-corrected chi connectivity index (χ1v) is 8.31. The Bertz CT molecular complexity index is 861. The molecule has 0 aromatic heterocycles. The van der Waals surface area contributed by atoms with E-state index in [1.54, 1.807) is 30.3 Å². The molecule has 0 aliphatic carbocycles. The van der Waals surface area contributed by atoms with Crippen LogP contribution in [0, 0.1) is 6.92 Å². The summed E-state index contributed by atoms with van der Waals surface area (Å²) in [4.78, 5) is 35.9. The van der Waals surface area contributed by atoms with Gasteiger partial charge < -0.3 is 15.2 Å². The van der Waals surface area contributed by atoms with Crippen LogP contribution in [0.5, 0.6) is 0 Å². The minimum Gasteiger partial charge on any atom is -0.481 e. The number of carbonyl (C=O) groups excluding carboxylic acids is 2. The summed E-state index contributed by atoms with van der Waals surface area (Å²) < 4.78 is 5.24. The van der Waals surface area contributed by atoms with Crippen molar-refractivity contribution < 1.29 is 24.2 Å². The second kappa shape index (κ2) is 7.39. The van der Waals surface area contributed by atoms with Gasteiger partial charge in [-0.3, -0.25) is 9.59 Å². The van der Waals surface area contributed by atoms with E-state index >= 15 is 0 Å². The number of esters is 1. The number of carbonyl (C=O) groups is 3. The van der Waals surface area contributed by atoms with Gasteiger partial charge in [-0.15, -0.1) is 0 Å². The van der Waals surface area contributed by atoms with Crippen LogP contribution in [-0.2, 0) is 20.7 Å². The lowest BCUT2D eigenvalue weighted by molar-refractivity contribution is -0.138. The van der Waals surface area contributed by atoms with Crippen LogP contribution in [0.1, 0.15) is 39.5 Å². The number of cyclic esters (lactones) is 1. The number of fused-ring (bicyclic) bond motifs is 1. The summed E-state index contributed by atoms with van der Waals surface area (Å²) in [6.45, 7) is 1.89. The zero-order valence-corrected chi connectivity index (χ0v) is 14.3. The molecule has 134 valence electrons. The van der Waals surface area contributed by atoms with Crippen molar-refractivity contribution in [2.45, 2.75) is 31.9 Å². The predicted molar refractivity (Wildman–Crippen MR) is 93.7 cm³/mol. The van der Waals surface area contributed by atoms with Crippen molar-refractivity contribution in [3.05, 3.63) is 70.8 Å². The molecule has 2 N–H and O–H groups in total. The summed E-state index contributed by atoms with van der Waals surface area (Å²) >= 11 is 0. The molecule has 1 heterocycles. The molecule has 6 heteroatoms. The lowest BCUT2D eigenvalue weighted by atomic mass is 9.97. The average Bonchev–Trinajstić information content (AvgIpc) is 2.60. The normalized spacial score (nSPS) is 17.0. The number of carboxylic acids is 1. The monoisotopic (exact) mass is 353 g/mol. The number of amides is 1. The van der Waals surface area contributed by atoms with Crippen molar-refractivity contribution in [3.63, 3.8) is 0 Å². The Morgan fingerprint density at radius 1 is 1.23 bits per heavy atom. The van der Waals surface area contributed by atoms with Gasteiger partial charge in [-0.2, -0.15) is 0 Å². The van der Waals surface area contributed by atoms with Gasteiger partial charge in [-0.25, -0.2) is 4.79 Å². The van der Waals surface area contributed by atoms with Gasteiger partial charge in [0.15, 0.2) is 6.10 Å². The van der Waals surface area contributed by atoms with E-state index in [2.05, 4.69) is 5.32 Å². The lowest BCUT2D eigenvalue weighted by Crippen LogP contribution is -2.43. The molecule has 0 spiro atoms. The Morgan fingerprint density at radius 2 is 2.00 bits per heavy atom. The van der Waals surface area contributed by atoms with Crippen LogP contribution in [0.4, 0.5) is 0 Å². The zero-order chi connectivity index (χ0) is 18.7. The predicted octanol–water partition coefficient (Wildman–Crippen LogP) is 2.41. The van der Waals surface area contributed by atoms with E-state index in [4.69, 9.17) is 4.74 Å². The first-order chi connectivity index (χ1) is 12.4.